The SMILES string of the molecule is CN(C)CCNC(=O)Cc1nc(CCl)cs1. The largest absolute Gasteiger partial charge is 0.354 e. The summed E-state index contributed by atoms with van der Waals surface area (Å²) >= 11 is 7.11. The van der Waals surface area contributed by atoms with E-state index in [2.05, 4.69) is 10.3 Å². The summed E-state index contributed by atoms with van der Waals surface area (Å²) in [7, 11) is 3.94. The molecule has 0 saturated heterocycles. The minimum Gasteiger partial charge on any atom is -0.354 e. The van der Waals surface area contributed by atoms with E-state index in [1.54, 1.807) is 0 Å². The number of halogens is 1. The molecular weight excluding hydrogens is 246 g/mol. The van der Waals surface area contributed by atoms with Crippen molar-refractivity contribution in [2.45, 2.75) is 12.3 Å². The first-order valence-electron chi connectivity index (χ1n) is 5.02. The van der Waals surface area contributed by atoms with Crippen LogP contribution in [0.5, 0.6) is 0 Å². The Morgan fingerprint density at radius 2 is 2.38 bits per heavy atom. The lowest BCUT2D eigenvalue weighted by Crippen LogP contribution is -2.32. The summed E-state index contributed by atoms with van der Waals surface area (Å²) in [6.07, 6.45) is 0.342. The van der Waals surface area contributed by atoms with Crippen molar-refractivity contribution in [1.29, 1.82) is 0 Å². The Balaban J connectivity index is 2.28. The van der Waals surface area contributed by atoms with Crippen molar-refractivity contribution in [3.8, 4) is 0 Å². The fourth-order valence-electron chi connectivity index (χ4n) is 1.11. The van der Waals surface area contributed by atoms with Gasteiger partial charge in [0.1, 0.15) is 5.01 Å². The molecule has 1 heterocycles. The second kappa shape index (κ2) is 6.83. The highest BCUT2D eigenvalue weighted by Crippen LogP contribution is 2.11. The minimum atomic E-state index is 0.0114. The quantitative estimate of drug-likeness (QED) is 0.780. The van der Waals surface area contributed by atoms with E-state index in [1.165, 1.54) is 11.3 Å². The third kappa shape index (κ3) is 4.92. The predicted octanol–water partition coefficient (Wildman–Crippen LogP) is 1.10. The molecule has 0 bridgehead atoms. The molecule has 1 rings (SSSR count). The zero-order valence-corrected chi connectivity index (χ0v) is 11.1. The molecule has 0 aliphatic rings. The Labute approximate surface area is 105 Å². The molecule has 1 N–H and O–H groups in total. The molecule has 6 heteroatoms. The van der Waals surface area contributed by atoms with Gasteiger partial charge in [0, 0.05) is 18.5 Å². The van der Waals surface area contributed by atoms with Crippen LogP contribution in [-0.2, 0) is 17.1 Å². The van der Waals surface area contributed by atoms with Gasteiger partial charge in [-0.1, -0.05) is 0 Å². The van der Waals surface area contributed by atoms with E-state index in [0.29, 0.717) is 18.8 Å². The van der Waals surface area contributed by atoms with Crippen molar-refractivity contribution < 1.29 is 4.79 Å². The number of thiazole rings is 1. The topological polar surface area (TPSA) is 45.2 Å². The number of carbonyl (C=O) groups excluding carboxylic acids is 1. The Morgan fingerprint density at radius 1 is 1.62 bits per heavy atom. The van der Waals surface area contributed by atoms with Gasteiger partial charge in [0.15, 0.2) is 0 Å². The Kier molecular flexibility index (Phi) is 5.73. The first-order chi connectivity index (χ1) is 7.61. The van der Waals surface area contributed by atoms with E-state index in [9.17, 15) is 4.79 Å². The summed E-state index contributed by atoms with van der Waals surface area (Å²) in [5.41, 5.74) is 0.836. The number of hydrogen-bond acceptors (Lipinski definition) is 4. The van der Waals surface area contributed by atoms with Gasteiger partial charge in [0.25, 0.3) is 0 Å². The van der Waals surface area contributed by atoms with Crippen LogP contribution in [0.15, 0.2) is 5.38 Å². The fourth-order valence-corrected chi connectivity index (χ4v) is 2.13. The smallest absolute Gasteiger partial charge is 0.226 e. The van der Waals surface area contributed by atoms with Crippen LogP contribution >= 0.6 is 22.9 Å². The van der Waals surface area contributed by atoms with Gasteiger partial charge in [-0.2, -0.15) is 0 Å². The van der Waals surface area contributed by atoms with E-state index >= 15 is 0 Å². The molecular formula is C10H16ClN3OS. The van der Waals surface area contributed by atoms with E-state index < -0.39 is 0 Å². The summed E-state index contributed by atoms with van der Waals surface area (Å²) in [5, 5.41) is 5.54. The maximum absolute atomic E-state index is 11.5. The number of amides is 1. The number of alkyl halides is 1. The molecule has 0 fully saturated rings. The third-order valence-corrected chi connectivity index (χ3v) is 3.10. The molecule has 0 aromatic carbocycles. The molecule has 90 valence electrons. The van der Waals surface area contributed by atoms with Gasteiger partial charge < -0.3 is 10.2 Å². The van der Waals surface area contributed by atoms with E-state index in [-0.39, 0.29) is 5.91 Å². The number of nitrogens with one attached hydrogen (secondary N) is 1. The van der Waals surface area contributed by atoms with Crippen LogP contribution in [-0.4, -0.2) is 43.0 Å². The number of rotatable bonds is 6. The molecule has 0 unspecified atom stereocenters. The highest BCUT2D eigenvalue weighted by molar-refractivity contribution is 7.09. The van der Waals surface area contributed by atoms with Crippen molar-refractivity contribution in [2.24, 2.45) is 0 Å². The second-order valence-electron chi connectivity index (χ2n) is 3.70. The molecule has 1 aromatic heterocycles. The van der Waals surface area contributed by atoms with Crippen LogP contribution in [0.2, 0.25) is 0 Å². The summed E-state index contributed by atoms with van der Waals surface area (Å²) in [5.74, 6) is 0.413. The number of hydrogen-bond donors (Lipinski definition) is 1. The highest BCUT2D eigenvalue weighted by atomic mass is 35.5. The second-order valence-corrected chi connectivity index (χ2v) is 4.91. The number of likely N-dealkylation sites (N-methyl/N-ethyl adjacent to an activating group) is 1. The summed E-state index contributed by atoms with van der Waals surface area (Å²) in [6.45, 7) is 1.51. The molecule has 0 atom stereocenters. The van der Waals surface area contributed by atoms with Gasteiger partial charge in [0.05, 0.1) is 18.0 Å². The van der Waals surface area contributed by atoms with Crippen LogP contribution in [0.3, 0.4) is 0 Å². The summed E-state index contributed by atoms with van der Waals surface area (Å²) in [4.78, 5) is 17.7. The number of aromatic nitrogens is 1. The molecule has 1 amide bonds. The maximum atomic E-state index is 11.5. The zero-order valence-electron chi connectivity index (χ0n) is 9.49. The van der Waals surface area contributed by atoms with E-state index in [1.807, 2.05) is 24.4 Å². The molecule has 4 nitrogen and oxygen atoms in total. The lowest BCUT2D eigenvalue weighted by atomic mass is 10.4. The highest BCUT2D eigenvalue weighted by Gasteiger charge is 2.07. The number of nitrogens with zero attached hydrogens (tertiary/aromatic N) is 2. The Morgan fingerprint density at radius 3 is 2.94 bits per heavy atom. The average molecular weight is 262 g/mol. The van der Waals surface area contributed by atoms with Crippen molar-refractivity contribution in [1.82, 2.24) is 15.2 Å². The molecule has 16 heavy (non-hydrogen) atoms. The lowest BCUT2D eigenvalue weighted by Gasteiger charge is -2.09. The van der Waals surface area contributed by atoms with E-state index in [0.717, 1.165) is 17.2 Å². The summed E-state index contributed by atoms with van der Waals surface area (Å²) in [6, 6.07) is 0. The Bertz CT molecular complexity index is 341. The van der Waals surface area contributed by atoms with Gasteiger partial charge in [-0.3, -0.25) is 4.79 Å². The van der Waals surface area contributed by atoms with Crippen molar-refractivity contribution in [3.63, 3.8) is 0 Å². The van der Waals surface area contributed by atoms with Gasteiger partial charge in [-0.25, -0.2) is 4.98 Å². The van der Waals surface area contributed by atoms with Crippen molar-refractivity contribution in [2.75, 3.05) is 27.2 Å². The van der Waals surface area contributed by atoms with Crippen LogP contribution in [0, 0.1) is 0 Å². The molecule has 0 radical (unpaired) electrons. The van der Waals surface area contributed by atoms with Gasteiger partial charge in [-0.05, 0) is 14.1 Å². The fraction of sp³-hybridized carbons (Fsp3) is 0.600. The van der Waals surface area contributed by atoms with Gasteiger partial charge in [-0.15, -0.1) is 22.9 Å². The van der Waals surface area contributed by atoms with Crippen LogP contribution in [0.4, 0.5) is 0 Å². The average Bonchev–Trinajstić information content (AvgIpc) is 2.65. The molecule has 0 aliphatic heterocycles. The first kappa shape index (κ1) is 13.4. The van der Waals surface area contributed by atoms with Crippen molar-refractivity contribution in [3.05, 3.63) is 16.1 Å². The lowest BCUT2D eigenvalue weighted by molar-refractivity contribution is -0.120. The monoisotopic (exact) mass is 261 g/mol. The normalized spacial score (nSPS) is 10.8. The molecule has 0 spiro atoms. The van der Waals surface area contributed by atoms with Crippen LogP contribution in [0.1, 0.15) is 10.7 Å². The molecule has 0 aliphatic carbocycles. The van der Waals surface area contributed by atoms with E-state index in [4.69, 9.17) is 11.6 Å². The van der Waals surface area contributed by atoms with Crippen LogP contribution in [0.25, 0.3) is 0 Å². The predicted molar refractivity (Wildman–Crippen MR) is 66.9 cm³/mol. The zero-order chi connectivity index (χ0) is 12.0. The molecule has 1 aromatic rings. The summed E-state index contributed by atoms with van der Waals surface area (Å²) < 4.78 is 0. The minimum absolute atomic E-state index is 0.0114. The molecule has 0 saturated carbocycles. The maximum Gasteiger partial charge on any atom is 0.226 e. The number of carbonyl (C=O) groups is 1. The standard InChI is InChI=1S/C10H16ClN3OS/c1-14(2)4-3-12-9(15)5-10-13-8(6-11)7-16-10/h7H,3-6H2,1-2H3,(H,12,15). The van der Waals surface area contributed by atoms with Crippen molar-refractivity contribution >= 4 is 28.8 Å². The van der Waals surface area contributed by atoms with Gasteiger partial charge >= 0.3 is 0 Å². The Hall–Kier alpha value is -0.650. The third-order valence-electron chi connectivity index (χ3n) is 1.93. The van der Waals surface area contributed by atoms with Crippen LogP contribution < -0.4 is 5.32 Å². The first-order valence-corrected chi connectivity index (χ1v) is 6.44. The van der Waals surface area contributed by atoms with Gasteiger partial charge in [0.2, 0.25) is 5.91 Å².